The van der Waals surface area contributed by atoms with E-state index in [9.17, 15) is 9.46 Å². The molecule has 0 spiro atoms. The maximum atomic E-state index is 12.2. The van der Waals surface area contributed by atoms with Gasteiger partial charge in [0.1, 0.15) is 0 Å². The Kier molecular flexibility index (Phi) is 30.1. The van der Waals surface area contributed by atoms with E-state index >= 15 is 0 Å². The van der Waals surface area contributed by atoms with Gasteiger partial charge in [0.2, 0.25) is 0 Å². The van der Waals surface area contributed by atoms with Crippen LogP contribution >= 0.6 is 7.82 Å². The first-order chi connectivity index (χ1) is 18.6. The van der Waals surface area contributed by atoms with Crippen LogP contribution < -0.4 is 0 Å². The molecular weight excluding hydrogens is 493 g/mol. The van der Waals surface area contributed by atoms with Crippen molar-refractivity contribution < 1.29 is 18.5 Å². The molecule has 1 unspecified atom stereocenters. The van der Waals surface area contributed by atoms with Crippen molar-refractivity contribution in [2.75, 3.05) is 32.8 Å². The van der Waals surface area contributed by atoms with Crippen LogP contribution in [0, 0.1) is 0 Å². The van der Waals surface area contributed by atoms with Crippen LogP contribution in [-0.2, 0) is 13.6 Å². The Morgan fingerprint density at radius 1 is 0.447 bits per heavy atom. The lowest BCUT2D eigenvalue weighted by Gasteiger charge is -2.22. The zero-order valence-electron chi connectivity index (χ0n) is 26.1. The normalized spacial score (nSPS) is 13.4. The Balaban J connectivity index is 4.02. The highest BCUT2D eigenvalue weighted by Crippen LogP contribution is 2.43. The van der Waals surface area contributed by atoms with E-state index in [1.165, 1.54) is 135 Å². The highest BCUT2D eigenvalue weighted by Gasteiger charge is 2.20. The van der Waals surface area contributed by atoms with Crippen molar-refractivity contribution in [1.29, 1.82) is 0 Å². The van der Waals surface area contributed by atoms with Gasteiger partial charge in [0.15, 0.2) is 0 Å². The molecule has 38 heavy (non-hydrogen) atoms. The number of nitrogens with zero attached hydrogens (tertiary/aromatic N) is 1. The minimum absolute atomic E-state index is 0.288. The Morgan fingerprint density at radius 3 is 1.13 bits per heavy atom. The first-order valence-electron chi connectivity index (χ1n) is 16.9. The summed E-state index contributed by atoms with van der Waals surface area (Å²) in [5, 5.41) is 0. The zero-order chi connectivity index (χ0) is 28.0. The molecule has 0 aromatic rings. The number of rotatable bonds is 32. The van der Waals surface area contributed by atoms with E-state index < -0.39 is 7.82 Å². The molecule has 0 aliphatic rings. The molecule has 0 aliphatic heterocycles. The largest absolute Gasteiger partial charge is 0.472 e. The summed E-state index contributed by atoms with van der Waals surface area (Å²) in [6.07, 6.45) is 30.3. The smallest absolute Gasteiger partial charge is 0.303 e. The van der Waals surface area contributed by atoms with Gasteiger partial charge in [-0.1, -0.05) is 149 Å². The van der Waals surface area contributed by atoms with Gasteiger partial charge in [0.25, 0.3) is 0 Å². The molecule has 0 aromatic heterocycles. The molecule has 0 heterocycles. The van der Waals surface area contributed by atoms with E-state index in [1.54, 1.807) is 0 Å². The first kappa shape index (κ1) is 38.1. The first-order valence-corrected chi connectivity index (χ1v) is 18.4. The standard InChI is InChI=1S/C32H68NO4P/c1-4-7-10-13-16-17-20-23-26-31-36-38(34,35)37-32-27-30-33(28-24-21-18-14-11-8-5-2)29-25-22-19-15-12-9-6-3/h4-32H2,1-3H3,(H,34,35). The molecule has 5 nitrogen and oxygen atoms in total. The number of hydrogen-bond acceptors (Lipinski definition) is 4. The topological polar surface area (TPSA) is 59.0 Å². The van der Waals surface area contributed by atoms with Crippen LogP contribution in [0.2, 0.25) is 0 Å². The molecule has 1 atom stereocenters. The monoisotopic (exact) mass is 561 g/mol. The van der Waals surface area contributed by atoms with Crippen molar-refractivity contribution in [3.05, 3.63) is 0 Å². The third-order valence-corrected chi connectivity index (χ3v) is 8.55. The Hall–Kier alpha value is 0.0700. The van der Waals surface area contributed by atoms with E-state index in [2.05, 4.69) is 25.7 Å². The van der Waals surface area contributed by atoms with Crippen molar-refractivity contribution >= 4 is 7.82 Å². The maximum Gasteiger partial charge on any atom is 0.472 e. The third-order valence-electron chi connectivity index (χ3n) is 7.53. The second-order valence-corrected chi connectivity index (χ2v) is 12.9. The van der Waals surface area contributed by atoms with Gasteiger partial charge in [0, 0.05) is 6.54 Å². The van der Waals surface area contributed by atoms with Crippen molar-refractivity contribution in [1.82, 2.24) is 4.90 Å². The predicted octanol–water partition coefficient (Wildman–Crippen LogP) is 10.8. The number of hydrogen-bond donors (Lipinski definition) is 1. The van der Waals surface area contributed by atoms with E-state index in [4.69, 9.17) is 9.05 Å². The van der Waals surface area contributed by atoms with Crippen LogP contribution in [0.3, 0.4) is 0 Å². The Bertz CT molecular complexity index is 488. The Labute approximate surface area is 238 Å². The second kappa shape index (κ2) is 30.0. The molecule has 0 rings (SSSR count). The van der Waals surface area contributed by atoms with E-state index in [0.29, 0.717) is 6.61 Å². The highest BCUT2D eigenvalue weighted by molar-refractivity contribution is 7.47. The lowest BCUT2D eigenvalue weighted by Crippen LogP contribution is -2.28. The van der Waals surface area contributed by atoms with Crippen molar-refractivity contribution in [2.45, 2.75) is 175 Å². The van der Waals surface area contributed by atoms with E-state index in [-0.39, 0.29) is 6.61 Å². The quantitative estimate of drug-likeness (QED) is 0.0654. The van der Waals surface area contributed by atoms with Gasteiger partial charge in [0.05, 0.1) is 13.2 Å². The van der Waals surface area contributed by atoms with Crippen LogP contribution in [-0.4, -0.2) is 42.6 Å². The van der Waals surface area contributed by atoms with Gasteiger partial charge in [-0.05, 0) is 38.8 Å². The average Bonchev–Trinajstić information content (AvgIpc) is 2.90. The summed E-state index contributed by atoms with van der Waals surface area (Å²) in [5.41, 5.74) is 0. The van der Waals surface area contributed by atoms with Crippen LogP contribution in [0.4, 0.5) is 0 Å². The lowest BCUT2D eigenvalue weighted by atomic mass is 10.1. The van der Waals surface area contributed by atoms with Gasteiger partial charge in [-0.15, -0.1) is 0 Å². The number of unbranched alkanes of at least 4 members (excludes halogenated alkanes) is 20. The predicted molar refractivity (Wildman–Crippen MR) is 166 cm³/mol. The average molecular weight is 562 g/mol. The minimum Gasteiger partial charge on any atom is -0.303 e. The van der Waals surface area contributed by atoms with Crippen molar-refractivity contribution in [2.24, 2.45) is 0 Å². The third kappa shape index (κ3) is 29.1. The van der Waals surface area contributed by atoms with Gasteiger partial charge in [-0.2, -0.15) is 0 Å². The highest BCUT2D eigenvalue weighted by atomic mass is 31.2. The van der Waals surface area contributed by atoms with E-state index in [0.717, 1.165) is 38.9 Å². The van der Waals surface area contributed by atoms with E-state index in [1.807, 2.05) is 0 Å². The van der Waals surface area contributed by atoms with Crippen LogP contribution in [0.15, 0.2) is 0 Å². The fourth-order valence-electron chi connectivity index (χ4n) is 5.02. The second-order valence-electron chi connectivity index (χ2n) is 11.4. The fraction of sp³-hybridized carbons (Fsp3) is 1.00. The summed E-state index contributed by atoms with van der Waals surface area (Å²) in [7, 11) is -3.92. The van der Waals surface area contributed by atoms with Crippen LogP contribution in [0.5, 0.6) is 0 Å². The molecule has 230 valence electrons. The van der Waals surface area contributed by atoms with Gasteiger partial charge < -0.3 is 9.79 Å². The summed E-state index contributed by atoms with van der Waals surface area (Å²) in [6.45, 7) is 10.6. The number of phosphoric acid groups is 1. The summed E-state index contributed by atoms with van der Waals surface area (Å²) >= 11 is 0. The summed E-state index contributed by atoms with van der Waals surface area (Å²) < 4.78 is 22.7. The summed E-state index contributed by atoms with van der Waals surface area (Å²) in [5.74, 6) is 0. The molecule has 0 amide bonds. The van der Waals surface area contributed by atoms with Gasteiger partial charge >= 0.3 is 7.82 Å². The number of phosphoric ester groups is 1. The molecule has 0 saturated carbocycles. The molecular formula is C32H68NO4P. The van der Waals surface area contributed by atoms with Crippen LogP contribution in [0.1, 0.15) is 175 Å². The molecule has 1 N–H and O–H groups in total. The molecule has 0 saturated heterocycles. The molecule has 0 aromatic carbocycles. The maximum absolute atomic E-state index is 12.2. The SMILES string of the molecule is CCCCCCCCCCCOP(=O)(O)OCCCN(CCCCCCCCC)CCCCCCCCC. The molecule has 6 heteroatoms. The molecule has 0 aliphatic carbocycles. The van der Waals surface area contributed by atoms with Crippen molar-refractivity contribution in [3.8, 4) is 0 Å². The summed E-state index contributed by atoms with van der Waals surface area (Å²) in [4.78, 5) is 12.6. The van der Waals surface area contributed by atoms with Crippen molar-refractivity contribution in [3.63, 3.8) is 0 Å². The molecule has 0 radical (unpaired) electrons. The fourth-order valence-corrected chi connectivity index (χ4v) is 5.81. The Morgan fingerprint density at radius 2 is 0.737 bits per heavy atom. The van der Waals surface area contributed by atoms with Crippen LogP contribution in [0.25, 0.3) is 0 Å². The molecule has 0 fully saturated rings. The molecule has 0 bridgehead atoms. The van der Waals surface area contributed by atoms with Gasteiger partial charge in [-0.3, -0.25) is 9.05 Å². The van der Waals surface area contributed by atoms with Gasteiger partial charge in [-0.25, -0.2) is 4.57 Å². The zero-order valence-corrected chi connectivity index (χ0v) is 27.0. The lowest BCUT2D eigenvalue weighted by molar-refractivity contribution is 0.139. The minimum atomic E-state index is -3.92. The summed E-state index contributed by atoms with van der Waals surface area (Å²) in [6, 6.07) is 0.